The van der Waals surface area contributed by atoms with Gasteiger partial charge in [-0.05, 0) is 56.0 Å². The molecule has 7 heteroatoms. The third-order valence-electron chi connectivity index (χ3n) is 5.09. The lowest BCUT2D eigenvalue weighted by molar-refractivity contribution is 0.236. The Bertz CT molecular complexity index is 1170. The third-order valence-corrected chi connectivity index (χ3v) is 6.21. The summed E-state index contributed by atoms with van der Waals surface area (Å²) in [6.45, 7) is 3.71. The Kier molecular flexibility index (Phi) is 4.96. The van der Waals surface area contributed by atoms with Crippen molar-refractivity contribution in [2.75, 3.05) is 6.26 Å². The van der Waals surface area contributed by atoms with Crippen LogP contribution in [0.5, 0.6) is 5.75 Å². The number of nitrogens with two attached hydrogens (primary N) is 1. The minimum atomic E-state index is -3.47. The van der Waals surface area contributed by atoms with Crippen LogP contribution in [0.25, 0.3) is 22.6 Å². The molecule has 1 aliphatic rings. The zero-order chi connectivity index (χ0) is 20.8. The Morgan fingerprint density at radius 3 is 2.72 bits per heavy atom. The van der Waals surface area contributed by atoms with Gasteiger partial charge in [-0.1, -0.05) is 23.4 Å². The van der Waals surface area contributed by atoms with E-state index in [1.54, 1.807) is 18.2 Å². The quantitative estimate of drug-likeness (QED) is 0.676. The first-order chi connectivity index (χ1) is 13.7. The van der Waals surface area contributed by atoms with E-state index in [-0.39, 0.29) is 17.0 Å². The smallest absolute Gasteiger partial charge is 0.179 e. The SMILES string of the molecule is CC(C)Oc1ccc(-c2cc(-c3cccc4c3CC[C@H]4N)no2)cc1S(C)(=O)=O. The zero-order valence-electron chi connectivity index (χ0n) is 16.7. The van der Waals surface area contributed by atoms with Crippen LogP contribution in [-0.2, 0) is 16.3 Å². The molecule has 29 heavy (non-hydrogen) atoms. The molecule has 0 spiro atoms. The van der Waals surface area contributed by atoms with E-state index in [9.17, 15) is 8.42 Å². The van der Waals surface area contributed by atoms with E-state index in [0.29, 0.717) is 17.1 Å². The van der Waals surface area contributed by atoms with Crippen molar-refractivity contribution in [1.82, 2.24) is 5.16 Å². The number of sulfone groups is 1. The second-order valence-corrected chi connectivity index (χ2v) is 9.68. The van der Waals surface area contributed by atoms with Crippen LogP contribution in [0.3, 0.4) is 0 Å². The number of nitrogens with zero attached hydrogens (tertiary/aromatic N) is 1. The Morgan fingerprint density at radius 2 is 2.00 bits per heavy atom. The molecule has 4 rings (SSSR count). The Balaban J connectivity index is 1.74. The topological polar surface area (TPSA) is 95.4 Å². The van der Waals surface area contributed by atoms with Crippen LogP contribution in [0.4, 0.5) is 0 Å². The second kappa shape index (κ2) is 7.31. The Morgan fingerprint density at radius 1 is 1.21 bits per heavy atom. The lowest BCUT2D eigenvalue weighted by Crippen LogP contribution is -2.09. The maximum absolute atomic E-state index is 12.3. The molecule has 1 atom stereocenters. The molecule has 1 heterocycles. The van der Waals surface area contributed by atoms with Crippen LogP contribution < -0.4 is 10.5 Å². The molecular formula is C22H24N2O4S. The average Bonchev–Trinajstić information content (AvgIpc) is 3.28. The number of rotatable bonds is 5. The van der Waals surface area contributed by atoms with Gasteiger partial charge >= 0.3 is 0 Å². The summed E-state index contributed by atoms with van der Waals surface area (Å²) in [6, 6.07) is 13.0. The molecule has 152 valence electrons. The van der Waals surface area contributed by atoms with Gasteiger partial charge in [0.2, 0.25) is 0 Å². The van der Waals surface area contributed by atoms with Crippen LogP contribution in [-0.4, -0.2) is 25.9 Å². The maximum Gasteiger partial charge on any atom is 0.179 e. The number of hydrogen-bond donors (Lipinski definition) is 1. The van der Waals surface area contributed by atoms with Gasteiger partial charge in [0.05, 0.1) is 6.10 Å². The molecule has 3 aromatic rings. The van der Waals surface area contributed by atoms with E-state index in [0.717, 1.165) is 29.7 Å². The molecule has 0 saturated heterocycles. The Hall–Kier alpha value is -2.64. The van der Waals surface area contributed by atoms with Crippen molar-refractivity contribution in [3.05, 3.63) is 53.6 Å². The minimum absolute atomic E-state index is 0.0575. The summed E-state index contributed by atoms with van der Waals surface area (Å²) in [4.78, 5) is 0.133. The van der Waals surface area contributed by atoms with Crippen LogP contribution >= 0.6 is 0 Å². The number of ether oxygens (including phenoxy) is 1. The minimum Gasteiger partial charge on any atom is -0.490 e. The van der Waals surface area contributed by atoms with E-state index in [4.69, 9.17) is 15.0 Å². The molecule has 0 fully saturated rings. The zero-order valence-corrected chi connectivity index (χ0v) is 17.5. The van der Waals surface area contributed by atoms with Crippen LogP contribution in [0.2, 0.25) is 0 Å². The van der Waals surface area contributed by atoms with E-state index in [2.05, 4.69) is 11.2 Å². The molecule has 2 aromatic carbocycles. The van der Waals surface area contributed by atoms with Crippen LogP contribution in [0.1, 0.15) is 37.4 Å². The van der Waals surface area contributed by atoms with Crippen LogP contribution in [0, 0.1) is 0 Å². The summed E-state index contributed by atoms with van der Waals surface area (Å²) < 4.78 is 35.8. The summed E-state index contributed by atoms with van der Waals surface area (Å²) >= 11 is 0. The monoisotopic (exact) mass is 412 g/mol. The highest BCUT2D eigenvalue weighted by molar-refractivity contribution is 7.90. The molecule has 0 aliphatic heterocycles. The lowest BCUT2D eigenvalue weighted by atomic mass is 9.99. The van der Waals surface area contributed by atoms with Gasteiger partial charge in [-0.2, -0.15) is 0 Å². The van der Waals surface area contributed by atoms with Gasteiger partial charge in [0.25, 0.3) is 0 Å². The fraction of sp³-hybridized carbons (Fsp3) is 0.318. The van der Waals surface area contributed by atoms with E-state index >= 15 is 0 Å². The van der Waals surface area contributed by atoms with Crippen molar-refractivity contribution in [1.29, 1.82) is 0 Å². The lowest BCUT2D eigenvalue weighted by Gasteiger charge is -2.14. The molecule has 0 radical (unpaired) electrons. The molecule has 0 amide bonds. The summed E-state index contributed by atoms with van der Waals surface area (Å²) in [5, 5.41) is 4.23. The van der Waals surface area contributed by atoms with Crippen molar-refractivity contribution < 1.29 is 17.7 Å². The van der Waals surface area contributed by atoms with Crippen LogP contribution in [0.15, 0.2) is 51.9 Å². The van der Waals surface area contributed by atoms with E-state index in [1.807, 2.05) is 32.0 Å². The van der Waals surface area contributed by atoms with Gasteiger partial charge in [0.15, 0.2) is 15.6 Å². The second-order valence-electron chi connectivity index (χ2n) is 7.70. The highest BCUT2D eigenvalue weighted by Crippen LogP contribution is 2.38. The first-order valence-electron chi connectivity index (χ1n) is 9.59. The van der Waals surface area contributed by atoms with Gasteiger partial charge in [-0.25, -0.2) is 8.42 Å². The number of hydrogen-bond acceptors (Lipinski definition) is 6. The summed E-state index contributed by atoms with van der Waals surface area (Å²) in [5.74, 6) is 0.835. The average molecular weight is 413 g/mol. The van der Waals surface area contributed by atoms with Crippen molar-refractivity contribution in [2.45, 2.75) is 43.7 Å². The summed E-state index contributed by atoms with van der Waals surface area (Å²) in [5.41, 5.74) is 10.9. The fourth-order valence-corrected chi connectivity index (χ4v) is 4.59. The first-order valence-corrected chi connectivity index (χ1v) is 11.5. The first kappa shape index (κ1) is 19.7. The fourth-order valence-electron chi connectivity index (χ4n) is 3.77. The maximum atomic E-state index is 12.3. The van der Waals surface area contributed by atoms with Gasteiger partial charge in [-0.15, -0.1) is 0 Å². The molecule has 0 unspecified atom stereocenters. The Labute approximate surface area is 170 Å². The standard InChI is InChI=1S/C22H24N2O4S/c1-13(2)27-20-10-7-14(11-22(20)29(3,25)26)21-12-19(24-28-21)17-6-4-5-16-15(17)8-9-18(16)23/h4-7,10-13,18H,8-9,23H2,1-3H3/t18-/m1/s1. The number of fused-ring (bicyclic) bond motifs is 1. The number of benzene rings is 2. The molecule has 6 nitrogen and oxygen atoms in total. The van der Waals surface area contributed by atoms with Gasteiger partial charge in [0.1, 0.15) is 16.3 Å². The summed E-state index contributed by atoms with van der Waals surface area (Å²) in [7, 11) is -3.47. The van der Waals surface area contributed by atoms with Gasteiger partial charge in [0, 0.05) is 29.5 Å². The molecular weight excluding hydrogens is 388 g/mol. The van der Waals surface area contributed by atoms with Crippen molar-refractivity contribution >= 4 is 9.84 Å². The molecule has 0 bridgehead atoms. The van der Waals surface area contributed by atoms with Gasteiger partial charge < -0.3 is 15.0 Å². The molecule has 2 N–H and O–H groups in total. The highest BCUT2D eigenvalue weighted by Gasteiger charge is 2.24. The third kappa shape index (κ3) is 3.80. The van der Waals surface area contributed by atoms with Crippen molar-refractivity contribution in [2.24, 2.45) is 5.73 Å². The van der Waals surface area contributed by atoms with Crippen molar-refractivity contribution in [3.63, 3.8) is 0 Å². The predicted molar refractivity (Wildman–Crippen MR) is 111 cm³/mol. The van der Waals surface area contributed by atoms with E-state index < -0.39 is 9.84 Å². The largest absolute Gasteiger partial charge is 0.490 e. The predicted octanol–water partition coefficient (Wildman–Crippen LogP) is 4.15. The van der Waals surface area contributed by atoms with Crippen molar-refractivity contribution in [3.8, 4) is 28.3 Å². The number of aromatic nitrogens is 1. The highest BCUT2D eigenvalue weighted by atomic mass is 32.2. The molecule has 1 aliphatic carbocycles. The molecule has 0 saturated carbocycles. The van der Waals surface area contributed by atoms with E-state index in [1.165, 1.54) is 11.8 Å². The summed E-state index contributed by atoms with van der Waals surface area (Å²) in [6.07, 6.45) is 2.87. The molecule has 1 aromatic heterocycles. The normalized spacial score (nSPS) is 16.2. The van der Waals surface area contributed by atoms with Gasteiger partial charge in [-0.3, -0.25) is 0 Å².